The quantitative estimate of drug-likeness (QED) is 0.382. The number of fused-ring (bicyclic) bond motifs is 1. The molecule has 0 unspecified atom stereocenters. The molecule has 8 nitrogen and oxygen atoms in total. The van der Waals surface area contributed by atoms with Crippen LogP contribution in [0.5, 0.6) is 0 Å². The first-order valence-electron chi connectivity index (χ1n) is 10.1. The van der Waals surface area contributed by atoms with Crippen LogP contribution in [0.25, 0.3) is 10.2 Å². The number of nitrogens with one attached hydrogen (secondary N) is 2. The number of carbonyl (C=O) groups excluding carboxylic acids is 2. The summed E-state index contributed by atoms with van der Waals surface area (Å²) in [6.07, 6.45) is 0. The van der Waals surface area contributed by atoms with Crippen LogP contribution in [0.2, 0.25) is 0 Å². The number of nitrogens with zero attached hydrogens (tertiary/aromatic N) is 4. The van der Waals surface area contributed by atoms with Crippen molar-refractivity contribution in [2.45, 2.75) is 32.1 Å². The van der Waals surface area contributed by atoms with Crippen LogP contribution in [0.1, 0.15) is 28.7 Å². The van der Waals surface area contributed by atoms with Gasteiger partial charge in [0, 0.05) is 12.1 Å². The highest BCUT2D eigenvalue weighted by Crippen LogP contribution is 2.26. The molecule has 0 spiro atoms. The first kappa shape index (κ1) is 22.0. The number of amides is 2. The minimum atomic E-state index is -0.163. The normalized spacial score (nSPS) is 10.9. The molecule has 2 aromatic carbocycles. The van der Waals surface area contributed by atoms with Crippen LogP contribution in [0, 0.1) is 6.92 Å². The Morgan fingerprint density at radius 2 is 1.97 bits per heavy atom. The first-order valence-corrected chi connectivity index (χ1v) is 11.9. The van der Waals surface area contributed by atoms with Crippen molar-refractivity contribution in [2.24, 2.45) is 0 Å². The van der Waals surface area contributed by atoms with Crippen molar-refractivity contribution in [1.82, 2.24) is 25.1 Å². The number of carbonyl (C=O) groups is 2. The molecule has 10 heteroatoms. The van der Waals surface area contributed by atoms with Crippen molar-refractivity contribution >= 4 is 50.3 Å². The molecule has 164 valence electrons. The predicted molar refractivity (Wildman–Crippen MR) is 127 cm³/mol. The monoisotopic (exact) mass is 466 g/mol. The van der Waals surface area contributed by atoms with Crippen molar-refractivity contribution < 1.29 is 9.59 Å². The Labute approximate surface area is 193 Å². The molecule has 0 saturated carbocycles. The second-order valence-corrected chi connectivity index (χ2v) is 8.99. The standard InChI is InChI=1S/C22H22N6O2S2/c1-3-28-18(12-23-20(30)15-8-6-7-14(2)11-15)26-27-22(28)31-13-19(29)25-21-24-16-9-4-5-10-17(16)32-21/h4-11H,3,12-13H2,1-2H3,(H,23,30)(H,24,25,29). The van der Waals surface area contributed by atoms with Crippen LogP contribution in [-0.4, -0.2) is 37.3 Å². The third kappa shape index (κ3) is 5.14. The average molecular weight is 467 g/mol. The van der Waals surface area contributed by atoms with Gasteiger partial charge in [-0.2, -0.15) is 0 Å². The molecule has 4 aromatic rings. The summed E-state index contributed by atoms with van der Waals surface area (Å²) < 4.78 is 2.92. The zero-order valence-corrected chi connectivity index (χ0v) is 19.3. The summed E-state index contributed by atoms with van der Waals surface area (Å²) in [5.74, 6) is 0.504. The number of aryl methyl sites for hydroxylation is 1. The van der Waals surface area contributed by atoms with Crippen molar-refractivity contribution in [3.63, 3.8) is 0 Å². The molecule has 0 aliphatic heterocycles. The highest BCUT2D eigenvalue weighted by atomic mass is 32.2. The van der Waals surface area contributed by atoms with E-state index in [4.69, 9.17) is 0 Å². The lowest BCUT2D eigenvalue weighted by atomic mass is 10.1. The van der Waals surface area contributed by atoms with Crippen LogP contribution >= 0.6 is 23.1 Å². The van der Waals surface area contributed by atoms with Crippen LogP contribution in [-0.2, 0) is 17.9 Å². The van der Waals surface area contributed by atoms with E-state index >= 15 is 0 Å². The Morgan fingerprint density at radius 3 is 2.75 bits per heavy atom. The van der Waals surface area contributed by atoms with Crippen LogP contribution in [0.3, 0.4) is 0 Å². The predicted octanol–water partition coefficient (Wildman–Crippen LogP) is 3.88. The van der Waals surface area contributed by atoms with Gasteiger partial charge in [-0.25, -0.2) is 4.98 Å². The van der Waals surface area contributed by atoms with Gasteiger partial charge in [0.2, 0.25) is 5.91 Å². The molecule has 0 aliphatic rings. The smallest absolute Gasteiger partial charge is 0.251 e. The van der Waals surface area contributed by atoms with E-state index in [1.807, 2.05) is 60.9 Å². The van der Waals surface area contributed by atoms with Gasteiger partial charge in [-0.1, -0.05) is 52.9 Å². The third-order valence-corrected chi connectivity index (χ3v) is 6.59. The molecular formula is C22H22N6O2S2. The summed E-state index contributed by atoms with van der Waals surface area (Å²) in [6, 6.07) is 15.2. The molecular weight excluding hydrogens is 444 g/mol. The molecule has 4 rings (SSSR count). The molecule has 0 aliphatic carbocycles. The molecule has 2 heterocycles. The maximum absolute atomic E-state index is 12.4. The molecule has 32 heavy (non-hydrogen) atoms. The fraction of sp³-hybridized carbons (Fsp3) is 0.227. The largest absolute Gasteiger partial charge is 0.345 e. The van der Waals surface area contributed by atoms with E-state index in [1.165, 1.54) is 23.1 Å². The molecule has 0 bridgehead atoms. The number of thioether (sulfide) groups is 1. The van der Waals surface area contributed by atoms with Gasteiger partial charge in [0.1, 0.15) is 0 Å². The van der Waals surface area contributed by atoms with Gasteiger partial charge in [-0.15, -0.1) is 10.2 Å². The maximum atomic E-state index is 12.4. The van der Waals surface area contributed by atoms with Gasteiger partial charge in [-0.3, -0.25) is 9.59 Å². The summed E-state index contributed by atoms with van der Waals surface area (Å²) in [5, 5.41) is 15.3. The summed E-state index contributed by atoms with van der Waals surface area (Å²) >= 11 is 2.74. The lowest BCUT2D eigenvalue weighted by Gasteiger charge is -2.09. The molecule has 2 aromatic heterocycles. The van der Waals surface area contributed by atoms with E-state index in [2.05, 4.69) is 25.8 Å². The fourth-order valence-corrected chi connectivity index (χ4v) is 4.84. The maximum Gasteiger partial charge on any atom is 0.251 e. The Balaban J connectivity index is 1.34. The van der Waals surface area contributed by atoms with E-state index < -0.39 is 0 Å². The van der Waals surface area contributed by atoms with Gasteiger partial charge in [0.25, 0.3) is 5.91 Å². The number of rotatable bonds is 8. The second kappa shape index (κ2) is 9.92. The van der Waals surface area contributed by atoms with Crippen LogP contribution < -0.4 is 10.6 Å². The number of thiazole rings is 1. The zero-order chi connectivity index (χ0) is 22.5. The summed E-state index contributed by atoms with van der Waals surface area (Å²) in [4.78, 5) is 29.2. The molecule has 0 radical (unpaired) electrons. The minimum absolute atomic E-state index is 0.158. The average Bonchev–Trinajstić information content (AvgIpc) is 3.38. The highest BCUT2D eigenvalue weighted by molar-refractivity contribution is 7.99. The van der Waals surface area contributed by atoms with E-state index in [0.29, 0.717) is 28.2 Å². The second-order valence-electron chi connectivity index (χ2n) is 7.02. The number of aromatic nitrogens is 4. The van der Waals surface area contributed by atoms with E-state index in [0.717, 1.165) is 15.8 Å². The topological polar surface area (TPSA) is 102 Å². The summed E-state index contributed by atoms with van der Waals surface area (Å²) in [7, 11) is 0. The van der Waals surface area contributed by atoms with Gasteiger partial charge in [-0.05, 0) is 38.1 Å². The lowest BCUT2D eigenvalue weighted by Crippen LogP contribution is -2.25. The van der Waals surface area contributed by atoms with Crippen molar-refractivity contribution in [3.05, 3.63) is 65.5 Å². The zero-order valence-electron chi connectivity index (χ0n) is 17.7. The number of hydrogen-bond donors (Lipinski definition) is 2. The summed E-state index contributed by atoms with van der Waals surface area (Å²) in [6.45, 7) is 4.80. The van der Waals surface area contributed by atoms with E-state index in [9.17, 15) is 9.59 Å². The Hall–Kier alpha value is -3.24. The number of benzene rings is 2. The van der Waals surface area contributed by atoms with Crippen LogP contribution in [0.4, 0.5) is 5.13 Å². The highest BCUT2D eigenvalue weighted by Gasteiger charge is 2.15. The molecule has 2 N–H and O–H groups in total. The van der Waals surface area contributed by atoms with E-state index in [1.54, 1.807) is 6.07 Å². The molecule has 0 fully saturated rings. The van der Waals surface area contributed by atoms with Crippen molar-refractivity contribution in [1.29, 1.82) is 0 Å². The van der Waals surface area contributed by atoms with Crippen molar-refractivity contribution in [2.75, 3.05) is 11.1 Å². The summed E-state index contributed by atoms with van der Waals surface area (Å²) in [5.41, 5.74) is 2.49. The van der Waals surface area contributed by atoms with Crippen LogP contribution in [0.15, 0.2) is 53.7 Å². The Morgan fingerprint density at radius 1 is 1.12 bits per heavy atom. The Bertz CT molecular complexity index is 1230. The number of hydrogen-bond acceptors (Lipinski definition) is 7. The SMILES string of the molecule is CCn1c(CNC(=O)c2cccc(C)c2)nnc1SCC(=O)Nc1nc2ccccc2s1. The molecule has 2 amide bonds. The fourth-order valence-electron chi connectivity index (χ4n) is 3.13. The number of para-hydroxylation sites is 1. The van der Waals surface area contributed by atoms with Gasteiger partial charge < -0.3 is 15.2 Å². The van der Waals surface area contributed by atoms with Gasteiger partial charge in [0.15, 0.2) is 16.1 Å². The van der Waals surface area contributed by atoms with Gasteiger partial charge >= 0.3 is 0 Å². The van der Waals surface area contributed by atoms with E-state index in [-0.39, 0.29) is 24.1 Å². The molecule has 0 saturated heterocycles. The minimum Gasteiger partial charge on any atom is -0.345 e. The number of anilines is 1. The van der Waals surface area contributed by atoms with Crippen molar-refractivity contribution in [3.8, 4) is 0 Å². The first-order chi connectivity index (χ1) is 15.5. The lowest BCUT2D eigenvalue weighted by molar-refractivity contribution is -0.113. The van der Waals surface area contributed by atoms with Gasteiger partial charge in [0.05, 0.1) is 22.5 Å². The Kier molecular flexibility index (Phi) is 6.81. The third-order valence-electron chi connectivity index (χ3n) is 4.67. The molecule has 0 atom stereocenters.